The summed E-state index contributed by atoms with van der Waals surface area (Å²) in [6.45, 7) is 4.56. The molecule has 5 nitrogen and oxygen atoms in total. The molecule has 118 valence electrons. The summed E-state index contributed by atoms with van der Waals surface area (Å²) in [6, 6.07) is 8.43. The number of H-pyrrole nitrogens is 1. The smallest absolute Gasteiger partial charge is 0.268 e. The number of nitrogens with zero attached hydrogens (tertiary/aromatic N) is 2. The fourth-order valence-electron chi connectivity index (χ4n) is 2.96. The Balaban J connectivity index is 1.51. The van der Waals surface area contributed by atoms with E-state index < -0.39 is 0 Å². The third kappa shape index (κ3) is 2.52. The van der Waals surface area contributed by atoms with Crippen LogP contribution >= 0.6 is 0 Å². The van der Waals surface area contributed by atoms with E-state index in [1.165, 1.54) is 11.1 Å². The Morgan fingerprint density at radius 3 is 2.96 bits per heavy atom. The monoisotopic (exact) mass is 308 g/mol. The number of benzene rings is 1. The molecule has 1 amide bonds. The molecule has 0 radical (unpaired) electrons. The lowest BCUT2D eigenvalue weighted by atomic mass is 10.1. The van der Waals surface area contributed by atoms with Crippen LogP contribution in [0, 0.1) is 13.8 Å². The Labute approximate surface area is 134 Å². The van der Waals surface area contributed by atoms with Crippen molar-refractivity contribution in [2.24, 2.45) is 0 Å². The molecule has 3 aromatic rings. The number of carbonyl (C=O) groups is 1. The second kappa shape index (κ2) is 5.26. The first kappa shape index (κ1) is 14.1. The fraction of sp³-hybridized carbons (Fsp3) is 0.333. The minimum absolute atomic E-state index is 0.0461. The van der Waals surface area contributed by atoms with E-state index in [9.17, 15) is 4.79 Å². The highest BCUT2D eigenvalue weighted by Gasteiger charge is 2.26. The van der Waals surface area contributed by atoms with E-state index in [2.05, 4.69) is 39.8 Å². The number of aromatic nitrogens is 3. The van der Waals surface area contributed by atoms with E-state index >= 15 is 0 Å². The van der Waals surface area contributed by atoms with Crippen LogP contribution < -0.4 is 5.32 Å². The quantitative estimate of drug-likeness (QED) is 0.777. The second-order valence-corrected chi connectivity index (χ2v) is 6.30. The van der Waals surface area contributed by atoms with Gasteiger partial charge in [0, 0.05) is 12.2 Å². The molecule has 1 fully saturated rings. The molecule has 1 saturated carbocycles. The van der Waals surface area contributed by atoms with E-state index in [4.69, 9.17) is 0 Å². The third-order valence-electron chi connectivity index (χ3n) is 4.60. The standard InChI is InChI=1S/C18H20N4O/c1-11-5-8-14-17(12(11)2)21-16(20-14)10-19-18(23)15-4-3-9-22(15)13-6-7-13/h3-5,8-9,13H,6-7,10H2,1-2H3,(H,19,23)(H,20,21). The molecule has 0 spiro atoms. The number of aromatic amines is 1. The zero-order valence-corrected chi connectivity index (χ0v) is 13.4. The van der Waals surface area contributed by atoms with Crippen LogP contribution in [0.15, 0.2) is 30.5 Å². The first-order chi connectivity index (χ1) is 11.1. The topological polar surface area (TPSA) is 62.7 Å². The van der Waals surface area contributed by atoms with E-state index in [1.54, 1.807) is 0 Å². The van der Waals surface area contributed by atoms with Crippen molar-refractivity contribution in [1.82, 2.24) is 19.9 Å². The number of hydrogen-bond donors (Lipinski definition) is 2. The van der Waals surface area contributed by atoms with Gasteiger partial charge in [-0.25, -0.2) is 4.98 Å². The molecule has 0 bridgehead atoms. The molecule has 4 rings (SSSR count). The van der Waals surface area contributed by atoms with Gasteiger partial charge in [0.15, 0.2) is 0 Å². The van der Waals surface area contributed by atoms with Gasteiger partial charge in [-0.05, 0) is 56.0 Å². The van der Waals surface area contributed by atoms with Gasteiger partial charge in [-0.3, -0.25) is 4.79 Å². The predicted molar refractivity (Wildman–Crippen MR) is 89.4 cm³/mol. The van der Waals surface area contributed by atoms with Gasteiger partial charge in [0.25, 0.3) is 5.91 Å². The number of aryl methyl sites for hydroxylation is 2. The van der Waals surface area contributed by atoms with Crippen molar-refractivity contribution in [1.29, 1.82) is 0 Å². The molecular formula is C18H20N4O. The van der Waals surface area contributed by atoms with Gasteiger partial charge >= 0.3 is 0 Å². The van der Waals surface area contributed by atoms with Crippen molar-refractivity contribution in [2.45, 2.75) is 39.3 Å². The van der Waals surface area contributed by atoms with Crippen molar-refractivity contribution in [3.05, 3.63) is 53.1 Å². The normalized spacial score (nSPS) is 14.3. The van der Waals surface area contributed by atoms with Gasteiger partial charge < -0.3 is 14.9 Å². The predicted octanol–water partition coefficient (Wildman–Crippen LogP) is 3.25. The maximum absolute atomic E-state index is 12.4. The van der Waals surface area contributed by atoms with Gasteiger partial charge in [0.05, 0.1) is 17.6 Å². The zero-order valence-electron chi connectivity index (χ0n) is 13.4. The van der Waals surface area contributed by atoms with Gasteiger partial charge in [-0.15, -0.1) is 0 Å². The first-order valence-corrected chi connectivity index (χ1v) is 8.03. The molecule has 2 aromatic heterocycles. The molecule has 2 heterocycles. The van der Waals surface area contributed by atoms with E-state index in [-0.39, 0.29) is 5.91 Å². The Bertz CT molecular complexity index is 886. The van der Waals surface area contributed by atoms with Crippen LogP contribution in [-0.4, -0.2) is 20.4 Å². The molecule has 5 heteroatoms. The molecule has 0 saturated heterocycles. The molecule has 0 aliphatic heterocycles. The van der Waals surface area contributed by atoms with Gasteiger partial charge in [0.1, 0.15) is 11.5 Å². The summed E-state index contributed by atoms with van der Waals surface area (Å²) in [5, 5.41) is 2.97. The molecule has 1 aromatic carbocycles. The Kier molecular flexibility index (Phi) is 3.22. The summed E-state index contributed by atoms with van der Waals surface area (Å²) in [4.78, 5) is 20.3. The first-order valence-electron chi connectivity index (χ1n) is 8.03. The Hall–Kier alpha value is -2.56. The Morgan fingerprint density at radius 2 is 2.17 bits per heavy atom. The molecular weight excluding hydrogens is 288 g/mol. The van der Waals surface area contributed by atoms with Crippen molar-refractivity contribution >= 4 is 16.9 Å². The summed E-state index contributed by atoms with van der Waals surface area (Å²) in [5.74, 6) is 0.738. The number of fused-ring (bicyclic) bond motifs is 1. The number of nitrogens with one attached hydrogen (secondary N) is 2. The maximum atomic E-state index is 12.4. The molecule has 1 aliphatic carbocycles. The van der Waals surface area contributed by atoms with Gasteiger partial charge in [-0.1, -0.05) is 6.07 Å². The molecule has 23 heavy (non-hydrogen) atoms. The van der Waals surface area contributed by atoms with Crippen LogP contribution in [0.3, 0.4) is 0 Å². The molecule has 1 aliphatic rings. The lowest BCUT2D eigenvalue weighted by molar-refractivity contribution is 0.0940. The van der Waals surface area contributed by atoms with Crippen LogP contribution in [0.5, 0.6) is 0 Å². The summed E-state index contributed by atoms with van der Waals surface area (Å²) in [7, 11) is 0. The van der Waals surface area contributed by atoms with E-state index in [0.29, 0.717) is 12.6 Å². The van der Waals surface area contributed by atoms with Gasteiger partial charge in [0.2, 0.25) is 0 Å². The fourth-order valence-corrected chi connectivity index (χ4v) is 2.96. The largest absolute Gasteiger partial charge is 0.344 e. The number of carbonyl (C=O) groups excluding carboxylic acids is 1. The van der Waals surface area contributed by atoms with E-state index in [1.807, 2.05) is 24.4 Å². The number of hydrogen-bond acceptors (Lipinski definition) is 2. The molecule has 0 unspecified atom stereocenters. The number of rotatable bonds is 4. The van der Waals surface area contributed by atoms with Crippen LogP contribution in [0.2, 0.25) is 0 Å². The number of amides is 1. The molecule has 2 N–H and O–H groups in total. The van der Waals surface area contributed by atoms with E-state index in [0.717, 1.165) is 35.4 Å². The highest BCUT2D eigenvalue weighted by Crippen LogP contribution is 2.35. The lowest BCUT2D eigenvalue weighted by Crippen LogP contribution is -2.25. The average Bonchev–Trinajstić information content (AvgIpc) is 3.12. The summed E-state index contributed by atoms with van der Waals surface area (Å²) >= 11 is 0. The van der Waals surface area contributed by atoms with Crippen LogP contribution in [0.25, 0.3) is 11.0 Å². The summed E-state index contributed by atoms with van der Waals surface area (Å²) in [6.07, 6.45) is 4.31. The second-order valence-electron chi connectivity index (χ2n) is 6.30. The Morgan fingerprint density at radius 1 is 1.35 bits per heavy atom. The minimum atomic E-state index is -0.0461. The van der Waals surface area contributed by atoms with Crippen molar-refractivity contribution in [3.8, 4) is 0 Å². The lowest BCUT2D eigenvalue weighted by Gasteiger charge is -2.07. The van der Waals surface area contributed by atoms with Crippen molar-refractivity contribution < 1.29 is 4.79 Å². The van der Waals surface area contributed by atoms with Crippen molar-refractivity contribution in [2.75, 3.05) is 0 Å². The highest BCUT2D eigenvalue weighted by molar-refractivity contribution is 5.92. The van der Waals surface area contributed by atoms with Gasteiger partial charge in [-0.2, -0.15) is 0 Å². The number of imidazole rings is 1. The van der Waals surface area contributed by atoms with Crippen LogP contribution in [0.1, 0.15) is 46.3 Å². The van der Waals surface area contributed by atoms with Crippen LogP contribution in [-0.2, 0) is 6.54 Å². The zero-order chi connectivity index (χ0) is 16.0. The summed E-state index contributed by atoms with van der Waals surface area (Å²) < 4.78 is 2.07. The van der Waals surface area contributed by atoms with Crippen LogP contribution in [0.4, 0.5) is 0 Å². The molecule has 0 atom stereocenters. The van der Waals surface area contributed by atoms with Crippen molar-refractivity contribution in [3.63, 3.8) is 0 Å². The minimum Gasteiger partial charge on any atom is -0.344 e. The highest BCUT2D eigenvalue weighted by atomic mass is 16.1. The average molecular weight is 308 g/mol. The third-order valence-corrected chi connectivity index (χ3v) is 4.60. The SMILES string of the molecule is Cc1ccc2[nH]c(CNC(=O)c3cccn3C3CC3)nc2c1C. The summed E-state index contributed by atoms with van der Waals surface area (Å²) in [5.41, 5.74) is 5.13. The maximum Gasteiger partial charge on any atom is 0.268 e.